The molecular weight excluding hydrogens is 120 g/mol. The molecule has 0 aromatic rings. The predicted octanol–water partition coefficient (Wildman–Crippen LogP) is 3.70. The highest BCUT2D eigenvalue weighted by atomic mass is 13.9. The highest BCUT2D eigenvalue weighted by Gasteiger charge is 1.83. The lowest BCUT2D eigenvalue weighted by Gasteiger charge is -1.93. The predicted molar refractivity (Wildman–Crippen MR) is 48.1 cm³/mol. The Balaban J connectivity index is 3.28. The Morgan fingerprint density at radius 1 is 1.30 bits per heavy atom. The lowest BCUT2D eigenvalue weighted by molar-refractivity contribution is 0.967. The second-order valence-electron chi connectivity index (χ2n) is 2.55. The lowest BCUT2D eigenvalue weighted by Crippen LogP contribution is -1.73. The molecule has 0 aliphatic rings. The van der Waals surface area contributed by atoms with E-state index in [9.17, 15) is 0 Å². The van der Waals surface area contributed by atoms with E-state index in [2.05, 4.69) is 39.0 Å². The van der Waals surface area contributed by atoms with Crippen LogP contribution in [0.3, 0.4) is 0 Å². The van der Waals surface area contributed by atoms with Crippen molar-refractivity contribution < 1.29 is 0 Å². The zero-order valence-electron chi connectivity index (χ0n) is 7.35. The Labute approximate surface area is 64.6 Å². The van der Waals surface area contributed by atoms with Crippen LogP contribution in [0.2, 0.25) is 0 Å². The van der Waals surface area contributed by atoms with E-state index in [-0.39, 0.29) is 0 Å². The molecule has 0 N–H and O–H groups in total. The van der Waals surface area contributed by atoms with Gasteiger partial charge in [0.2, 0.25) is 0 Å². The minimum absolute atomic E-state index is 1.16. The zero-order valence-corrected chi connectivity index (χ0v) is 7.35. The largest absolute Gasteiger partial charge is 0.0888 e. The first-order valence-corrected chi connectivity index (χ1v) is 4.08. The van der Waals surface area contributed by atoms with Crippen LogP contribution in [-0.2, 0) is 0 Å². The Morgan fingerprint density at radius 2 is 2.00 bits per heavy atom. The second kappa shape index (κ2) is 6.60. The summed E-state index contributed by atoms with van der Waals surface area (Å²) in [6, 6.07) is 0. The minimum Gasteiger partial charge on any atom is -0.0888 e. The van der Waals surface area contributed by atoms with Crippen molar-refractivity contribution >= 4 is 0 Å². The van der Waals surface area contributed by atoms with Crippen molar-refractivity contribution in [3.05, 3.63) is 23.8 Å². The van der Waals surface area contributed by atoms with Crippen LogP contribution in [0.4, 0.5) is 0 Å². The number of rotatable bonds is 4. The van der Waals surface area contributed by atoms with E-state index in [4.69, 9.17) is 0 Å². The van der Waals surface area contributed by atoms with Gasteiger partial charge in [-0.25, -0.2) is 0 Å². The smallest absolute Gasteiger partial charge is 0.0288 e. The molecule has 0 rings (SSSR count). The quantitative estimate of drug-likeness (QED) is 0.520. The van der Waals surface area contributed by atoms with Gasteiger partial charge in [0.25, 0.3) is 0 Å². The molecule has 10 heavy (non-hydrogen) atoms. The van der Waals surface area contributed by atoms with Crippen LogP contribution in [0.25, 0.3) is 0 Å². The highest BCUT2D eigenvalue weighted by molar-refractivity contribution is 4.97. The molecule has 0 spiro atoms. The minimum atomic E-state index is 1.16. The van der Waals surface area contributed by atoms with Gasteiger partial charge in [-0.05, 0) is 33.1 Å². The Kier molecular flexibility index (Phi) is 6.25. The van der Waals surface area contributed by atoms with Gasteiger partial charge in [-0.1, -0.05) is 30.7 Å². The maximum Gasteiger partial charge on any atom is -0.0288 e. The van der Waals surface area contributed by atoms with Gasteiger partial charge in [0.15, 0.2) is 0 Å². The number of allylic oxidation sites excluding steroid dienone is 4. The van der Waals surface area contributed by atoms with E-state index >= 15 is 0 Å². The average Bonchev–Trinajstić information content (AvgIpc) is 1.98. The van der Waals surface area contributed by atoms with Crippen LogP contribution < -0.4 is 0 Å². The summed E-state index contributed by atoms with van der Waals surface area (Å²) < 4.78 is 0. The van der Waals surface area contributed by atoms with Gasteiger partial charge >= 0.3 is 0 Å². The van der Waals surface area contributed by atoms with Gasteiger partial charge in [0.1, 0.15) is 0 Å². The third-order valence-corrected chi connectivity index (χ3v) is 1.60. The normalized spacial score (nSPS) is 12.9. The lowest BCUT2D eigenvalue weighted by atomic mass is 10.1. The molecule has 0 amide bonds. The van der Waals surface area contributed by atoms with Crippen molar-refractivity contribution in [2.45, 2.75) is 40.0 Å². The average molecular weight is 138 g/mol. The Morgan fingerprint density at radius 3 is 2.50 bits per heavy atom. The zero-order chi connectivity index (χ0) is 7.82. The van der Waals surface area contributed by atoms with Crippen LogP contribution in [0.15, 0.2) is 23.8 Å². The summed E-state index contributed by atoms with van der Waals surface area (Å²) in [6.45, 7) is 6.44. The molecule has 0 saturated heterocycles. The summed E-state index contributed by atoms with van der Waals surface area (Å²) in [5.74, 6) is 0. The molecule has 0 atom stereocenters. The Hall–Kier alpha value is -0.520. The maximum atomic E-state index is 2.26. The molecular formula is C10H18. The van der Waals surface area contributed by atoms with Gasteiger partial charge in [0, 0.05) is 0 Å². The highest BCUT2D eigenvalue weighted by Crippen LogP contribution is 2.03. The molecule has 0 bridgehead atoms. The van der Waals surface area contributed by atoms with Crippen molar-refractivity contribution in [2.24, 2.45) is 0 Å². The second-order valence-corrected chi connectivity index (χ2v) is 2.55. The first-order chi connectivity index (χ1) is 4.81. The van der Waals surface area contributed by atoms with Crippen LogP contribution in [-0.4, -0.2) is 0 Å². The van der Waals surface area contributed by atoms with Crippen LogP contribution in [0.5, 0.6) is 0 Å². The SMILES string of the molecule is CC=C(C)CCC=CCC. The fraction of sp³-hybridized carbons (Fsp3) is 0.600. The van der Waals surface area contributed by atoms with Crippen molar-refractivity contribution in [3.8, 4) is 0 Å². The van der Waals surface area contributed by atoms with Crippen LogP contribution >= 0.6 is 0 Å². The van der Waals surface area contributed by atoms with E-state index in [0.717, 1.165) is 6.42 Å². The fourth-order valence-corrected chi connectivity index (χ4v) is 0.740. The summed E-state index contributed by atoms with van der Waals surface area (Å²) in [6.07, 6.45) is 10.2. The molecule has 58 valence electrons. The van der Waals surface area contributed by atoms with Crippen molar-refractivity contribution in [3.63, 3.8) is 0 Å². The summed E-state index contributed by atoms with van der Waals surface area (Å²) in [7, 11) is 0. The molecule has 0 nitrogen and oxygen atoms in total. The molecule has 0 heteroatoms. The Bertz CT molecular complexity index is 118. The van der Waals surface area contributed by atoms with Gasteiger partial charge in [-0.2, -0.15) is 0 Å². The van der Waals surface area contributed by atoms with Gasteiger partial charge in [-0.3, -0.25) is 0 Å². The maximum absolute atomic E-state index is 2.26. The third kappa shape index (κ3) is 5.61. The fourth-order valence-electron chi connectivity index (χ4n) is 0.740. The van der Waals surface area contributed by atoms with E-state index in [0.29, 0.717) is 0 Å². The van der Waals surface area contributed by atoms with E-state index in [1.807, 2.05) is 0 Å². The van der Waals surface area contributed by atoms with Gasteiger partial charge in [0.05, 0.1) is 0 Å². The summed E-state index contributed by atoms with van der Waals surface area (Å²) >= 11 is 0. The first-order valence-electron chi connectivity index (χ1n) is 4.08. The third-order valence-electron chi connectivity index (χ3n) is 1.60. The molecule has 0 aliphatic carbocycles. The van der Waals surface area contributed by atoms with Gasteiger partial charge in [-0.15, -0.1) is 0 Å². The van der Waals surface area contributed by atoms with Crippen molar-refractivity contribution in [2.75, 3.05) is 0 Å². The molecule has 0 aromatic carbocycles. The van der Waals surface area contributed by atoms with E-state index in [1.54, 1.807) is 0 Å². The summed E-state index contributed by atoms with van der Waals surface area (Å²) in [5.41, 5.74) is 1.49. The van der Waals surface area contributed by atoms with Crippen LogP contribution in [0, 0.1) is 0 Å². The first kappa shape index (κ1) is 9.48. The molecule has 0 unspecified atom stereocenters. The monoisotopic (exact) mass is 138 g/mol. The number of hydrogen-bond acceptors (Lipinski definition) is 0. The molecule has 0 fully saturated rings. The topological polar surface area (TPSA) is 0 Å². The molecule has 0 radical (unpaired) electrons. The van der Waals surface area contributed by atoms with Gasteiger partial charge < -0.3 is 0 Å². The summed E-state index contributed by atoms with van der Waals surface area (Å²) in [4.78, 5) is 0. The van der Waals surface area contributed by atoms with Crippen molar-refractivity contribution in [1.82, 2.24) is 0 Å². The molecule has 0 aromatic heterocycles. The standard InChI is InChI=1S/C10H18/c1-4-6-7-8-9-10(3)5-2/h5-7H,4,8-9H2,1-3H3. The van der Waals surface area contributed by atoms with E-state index in [1.165, 1.54) is 18.4 Å². The van der Waals surface area contributed by atoms with E-state index < -0.39 is 0 Å². The number of hydrogen-bond donors (Lipinski definition) is 0. The molecule has 0 heterocycles. The van der Waals surface area contributed by atoms with Crippen molar-refractivity contribution in [1.29, 1.82) is 0 Å². The molecule has 0 aliphatic heterocycles. The summed E-state index contributed by atoms with van der Waals surface area (Å²) in [5, 5.41) is 0. The van der Waals surface area contributed by atoms with Crippen LogP contribution in [0.1, 0.15) is 40.0 Å². The molecule has 0 saturated carbocycles.